The molecule has 1 saturated heterocycles. The third-order valence-electron chi connectivity index (χ3n) is 3.31. The highest BCUT2D eigenvalue weighted by Gasteiger charge is 2.48. The molecule has 1 aliphatic heterocycles. The summed E-state index contributed by atoms with van der Waals surface area (Å²) in [6.07, 6.45) is 1.26. The molecule has 0 spiro atoms. The molecule has 17 heavy (non-hydrogen) atoms. The van der Waals surface area contributed by atoms with Crippen molar-refractivity contribution in [1.82, 2.24) is 9.21 Å². The summed E-state index contributed by atoms with van der Waals surface area (Å²) in [5.41, 5.74) is -0.0852. The third-order valence-corrected chi connectivity index (χ3v) is 4.51. The molecule has 0 aliphatic carbocycles. The summed E-state index contributed by atoms with van der Waals surface area (Å²) in [5.74, 6) is 0. The van der Waals surface area contributed by atoms with Crippen molar-refractivity contribution < 1.29 is 8.42 Å². The summed E-state index contributed by atoms with van der Waals surface area (Å²) in [5, 5.41) is 0. The zero-order valence-corrected chi connectivity index (χ0v) is 12.9. The quantitative estimate of drug-likeness (QED) is 0.761. The van der Waals surface area contributed by atoms with Crippen molar-refractivity contribution in [3.05, 3.63) is 0 Å². The maximum absolute atomic E-state index is 11.9. The number of hydrogen-bond donors (Lipinski definition) is 0. The van der Waals surface area contributed by atoms with Crippen molar-refractivity contribution in [2.45, 2.75) is 59.8 Å². The van der Waals surface area contributed by atoms with Crippen molar-refractivity contribution in [1.29, 1.82) is 0 Å². The van der Waals surface area contributed by atoms with Crippen LogP contribution >= 0.6 is 0 Å². The van der Waals surface area contributed by atoms with Crippen LogP contribution in [0.2, 0.25) is 0 Å². The Morgan fingerprint density at radius 1 is 1.24 bits per heavy atom. The van der Waals surface area contributed by atoms with Crippen LogP contribution in [0, 0.1) is 5.41 Å². The van der Waals surface area contributed by atoms with E-state index in [1.54, 1.807) is 4.31 Å². The molecule has 0 aromatic rings. The molecule has 0 amide bonds. The molecule has 1 fully saturated rings. The minimum Gasteiger partial charge on any atom is -0.280 e. The molecule has 1 heterocycles. The third kappa shape index (κ3) is 3.01. The largest absolute Gasteiger partial charge is 0.280 e. The van der Waals surface area contributed by atoms with Gasteiger partial charge in [-0.1, -0.05) is 20.8 Å². The van der Waals surface area contributed by atoms with Crippen LogP contribution in [-0.2, 0) is 10.0 Å². The molecule has 102 valence electrons. The van der Waals surface area contributed by atoms with Gasteiger partial charge in [0.05, 0.1) is 12.4 Å². The van der Waals surface area contributed by atoms with Gasteiger partial charge in [-0.2, -0.15) is 4.31 Å². The number of rotatable bonds is 2. The van der Waals surface area contributed by atoms with Gasteiger partial charge in [-0.15, -0.1) is 0 Å². The Labute approximate surface area is 106 Å². The van der Waals surface area contributed by atoms with Gasteiger partial charge < -0.3 is 0 Å². The first-order valence-electron chi connectivity index (χ1n) is 6.20. The molecule has 1 unspecified atom stereocenters. The molecule has 1 aliphatic rings. The van der Waals surface area contributed by atoms with Gasteiger partial charge in [0.2, 0.25) is 10.0 Å². The fourth-order valence-electron chi connectivity index (χ4n) is 2.83. The summed E-state index contributed by atoms with van der Waals surface area (Å²) in [4.78, 5) is 2.31. The predicted octanol–water partition coefficient (Wildman–Crippen LogP) is 1.73. The van der Waals surface area contributed by atoms with Gasteiger partial charge in [-0.3, -0.25) is 4.90 Å². The van der Waals surface area contributed by atoms with Crippen molar-refractivity contribution in [3.8, 4) is 0 Å². The summed E-state index contributed by atoms with van der Waals surface area (Å²) in [7, 11) is -3.14. The second-order valence-electron chi connectivity index (χ2n) is 6.46. The fourth-order valence-corrected chi connectivity index (χ4v) is 4.11. The molecular formula is C12H26N2O2S. The van der Waals surface area contributed by atoms with E-state index in [0.29, 0.717) is 12.6 Å². The summed E-state index contributed by atoms with van der Waals surface area (Å²) in [6.45, 7) is 13.3. The first-order chi connectivity index (χ1) is 7.46. The van der Waals surface area contributed by atoms with Crippen molar-refractivity contribution >= 4 is 10.0 Å². The predicted molar refractivity (Wildman–Crippen MR) is 71.2 cm³/mol. The minimum atomic E-state index is -3.14. The topological polar surface area (TPSA) is 40.6 Å². The zero-order valence-electron chi connectivity index (χ0n) is 12.1. The van der Waals surface area contributed by atoms with E-state index in [9.17, 15) is 8.42 Å². The van der Waals surface area contributed by atoms with Crippen LogP contribution in [-0.4, -0.2) is 48.7 Å². The van der Waals surface area contributed by atoms with Gasteiger partial charge in [0.1, 0.15) is 0 Å². The van der Waals surface area contributed by atoms with Crippen LogP contribution in [0.5, 0.6) is 0 Å². The highest BCUT2D eigenvalue weighted by Crippen LogP contribution is 2.36. The standard InChI is InChI=1S/C12H26N2O2S/c1-9(2)14-10(3)8-13(17(7,15)16)11(14)12(4,5)6/h9-11H,8H2,1-7H3/t10-,11?/m0/s1. The lowest BCUT2D eigenvalue weighted by Crippen LogP contribution is -2.52. The van der Waals surface area contributed by atoms with Crippen molar-refractivity contribution in [2.75, 3.05) is 12.8 Å². The van der Waals surface area contributed by atoms with Crippen LogP contribution < -0.4 is 0 Å². The zero-order chi connectivity index (χ0) is 13.6. The molecule has 0 N–H and O–H groups in total. The highest BCUT2D eigenvalue weighted by molar-refractivity contribution is 7.88. The molecule has 0 bridgehead atoms. The van der Waals surface area contributed by atoms with Crippen LogP contribution in [0.25, 0.3) is 0 Å². The molecule has 0 saturated carbocycles. The Bertz CT molecular complexity index is 370. The summed E-state index contributed by atoms with van der Waals surface area (Å²) < 4.78 is 25.5. The Kier molecular flexibility index (Phi) is 3.97. The lowest BCUT2D eigenvalue weighted by molar-refractivity contribution is 0.0437. The van der Waals surface area contributed by atoms with E-state index in [-0.39, 0.29) is 17.6 Å². The highest BCUT2D eigenvalue weighted by atomic mass is 32.2. The van der Waals surface area contributed by atoms with Gasteiger partial charge in [0, 0.05) is 18.6 Å². The van der Waals surface area contributed by atoms with E-state index in [1.165, 1.54) is 6.26 Å². The summed E-state index contributed by atoms with van der Waals surface area (Å²) >= 11 is 0. The lowest BCUT2D eigenvalue weighted by atomic mass is 9.91. The fraction of sp³-hybridized carbons (Fsp3) is 1.00. The van der Waals surface area contributed by atoms with E-state index in [2.05, 4.69) is 46.4 Å². The first-order valence-corrected chi connectivity index (χ1v) is 8.05. The minimum absolute atomic E-state index is 0.0486. The second-order valence-corrected chi connectivity index (χ2v) is 8.40. The van der Waals surface area contributed by atoms with E-state index in [1.807, 2.05) is 0 Å². The normalized spacial score (nSPS) is 29.2. The van der Waals surface area contributed by atoms with Crippen LogP contribution in [0.3, 0.4) is 0 Å². The molecule has 2 atom stereocenters. The molecule has 0 radical (unpaired) electrons. The van der Waals surface area contributed by atoms with Gasteiger partial charge in [-0.25, -0.2) is 8.42 Å². The summed E-state index contributed by atoms with van der Waals surface area (Å²) in [6, 6.07) is 0.620. The average molecular weight is 262 g/mol. The molecule has 0 aromatic carbocycles. The number of hydrogen-bond acceptors (Lipinski definition) is 3. The molecule has 0 aromatic heterocycles. The van der Waals surface area contributed by atoms with Crippen LogP contribution in [0.4, 0.5) is 0 Å². The Hall–Kier alpha value is -0.130. The monoisotopic (exact) mass is 262 g/mol. The number of sulfonamides is 1. The van der Waals surface area contributed by atoms with E-state index in [0.717, 1.165) is 0 Å². The number of nitrogens with zero attached hydrogens (tertiary/aromatic N) is 2. The maximum Gasteiger partial charge on any atom is 0.212 e. The van der Waals surface area contributed by atoms with Crippen molar-refractivity contribution in [2.24, 2.45) is 5.41 Å². The van der Waals surface area contributed by atoms with Gasteiger partial charge in [0.15, 0.2) is 0 Å². The van der Waals surface area contributed by atoms with Crippen molar-refractivity contribution in [3.63, 3.8) is 0 Å². The molecule has 1 rings (SSSR count). The van der Waals surface area contributed by atoms with Gasteiger partial charge in [0.25, 0.3) is 0 Å². The Balaban J connectivity index is 3.20. The first kappa shape index (κ1) is 14.9. The molecule has 5 heteroatoms. The molecular weight excluding hydrogens is 236 g/mol. The SMILES string of the molecule is CC(C)N1C(C(C)(C)C)N(S(C)(=O)=O)C[C@@H]1C. The van der Waals surface area contributed by atoms with Gasteiger partial charge in [-0.05, 0) is 26.2 Å². The smallest absolute Gasteiger partial charge is 0.212 e. The van der Waals surface area contributed by atoms with E-state index >= 15 is 0 Å². The van der Waals surface area contributed by atoms with Gasteiger partial charge >= 0.3 is 0 Å². The van der Waals surface area contributed by atoms with Crippen LogP contribution in [0.1, 0.15) is 41.5 Å². The lowest BCUT2D eigenvalue weighted by Gasteiger charge is -2.41. The molecule has 4 nitrogen and oxygen atoms in total. The maximum atomic E-state index is 11.9. The average Bonchev–Trinajstić information content (AvgIpc) is 2.40. The van der Waals surface area contributed by atoms with Crippen LogP contribution in [0.15, 0.2) is 0 Å². The Morgan fingerprint density at radius 3 is 2.00 bits per heavy atom. The van der Waals surface area contributed by atoms with E-state index < -0.39 is 10.0 Å². The Morgan fingerprint density at radius 2 is 1.71 bits per heavy atom. The van der Waals surface area contributed by atoms with E-state index in [4.69, 9.17) is 0 Å². The second kappa shape index (κ2) is 4.52.